The average molecular weight is 329 g/mol. The van der Waals surface area contributed by atoms with Crippen LogP contribution in [0.4, 0.5) is 0 Å². The van der Waals surface area contributed by atoms with Crippen molar-refractivity contribution in [2.24, 2.45) is 0 Å². The molecule has 1 aliphatic rings. The second kappa shape index (κ2) is 7.87. The zero-order valence-electron chi connectivity index (χ0n) is 12.2. The highest BCUT2D eigenvalue weighted by molar-refractivity contribution is 7.09. The number of aromatic nitrogens is 3. The molecule has 21 heavy (non-hydrogen) atoms. The van der Waals surface area contributed by atoms with Crippen LogP contribution in [0.15, 0.2) is 9.90 Å². The van der Waals surface area contributed by atoms with Gasteiger partial charge in [0.25, 0.3) is 0 Å². The molecule has 1 unspecified atom stereocenters. The van der Waals surface area contributed by atoms with E-state index in [1.807, 2.05) is 0 Å². The molecule has 5 nitrogen and oxygen atoms in total. The normalized spacial score (nSPS) is 19.0. The predicted molar refractivity (Wildman–Crippen MR) is 85.1 cm³/mol. The number of hydrogen-bond acceptors (Lipinski definition) is 6. The summed E-state index contributed by atoms with van der Waals surface area (Å²) in [5.74, 6) is 1.46. The van der Waals surface area contributed by atoms with Crippen molar-refractivity contribution in [1.29, 1.82) is 0 Å². The van der Waals surface area contributed by atoms with Crippen LogP contribution in [0.5, 0.6) is 0 Å². The summed E-state index contributed by atoms with van der Waals surface area (Å²) in [7, 11) is 0. The largest absolute Gasteiger partial charge is 0.339 e. The molecule has 0 amide bonds. The molecule has 0 spiro atoms. The molecule has 2 aromatic heterocycles. The summed E-state index contributed by atoms with van der Waals surface area (Å²) in [6, 6.07) is 0.247. The summed E-state index contributed by atoms with van der Waals surface area (Å²) in [4.78, 5) is 9.07. The molecule has 0 saturated carbocycles. The van der Waals surface area contributed by atoms with Gasteiger partial charge < -0.3 is 9.84 Å². The number of nitrogens with zero attached hydrogens (tertiary/aromatic N) is 3. The van der Waals surface area contributed by atoms with Gasteiger partial charge in [-0.2, -0.15) is 4.98 Å². The maximum Gasteiger partial charge on any atom is 0.232 e. The van der Waals surface area contributed by atoms with Gasteiger partial charge in [0.05, 0.1) is 23.2 Å². The third-order valence-corrected chi connectivity index (χ3v) is 4.63. The molecule has 116 valence electrons. The fourth-order valence-electron chi connectivity index (χ4n) is 2.48. The summed E-state index contributed by atoms with van der Waals surface area (Å²) in [5.41, 5.74) is 1.02. The Kier molecular flexibility index (Phi) is 6.14. The van der Waals surface area contributed by atoms with Gasteiger partial charge in [0.1, 0.15) is 0 Å². The van der Waals surface area contributed by atoms with E-state index in [2.05, 4.69) is 32.7 Å². The van der Waals surface area contributed by atoms with Gasteiger partial charge in [-0.1, -0.05) is 24.9 Å². The van der Waals surface area contributed by atoms with E-state index >= 15 is 0 Å². The molecule has 1 N–H and O–H groups in total. The van der Waals surface area contributed by atoms with Gasteiger partial charge in [-0.05, 0) is 25.8 Å². The lowest BCUT2D eigenvalue weighted by atomic mass is 10.1. The van der Waals surface area contributed by atoms with Gasteiger partial charge in [0, 0.05) is 5.38 Å². The van der Waals surface area contributed by atoms with Crippen molar-refractivity contribution in [2.75, 3.05) is 6.54 Å². The summed E-state index contributed by atoms with van der Waals surface area (Å²) in [5, 5.41) is 10.9. The number of aryl methyl sites for hydroxylation is 1. The smallest absolute Gasteiger partial charge is 0.232 e. The van der Waals surface area contributed by atoms with Crippen LogP contribution in [-0.2, 0) is 12.8 Å². The maximum absolute atomic E-state index is 5.37. The van der Waals surface area contributed by atoms with Crippen molar-refractivity contribution in [2.45, 2.75) is 51.5 Å². The highest BCUT2D eigenvalue weighted by atomic mass is 35.5. The van der Waals surface area contributed by atoms with E-state index in [0.29, 0.717) is 12.3 Å². The molecule has 7 heteroatoms. The van der Waals surface area contributed by atoms with E-state index in [9.17, 15) is 0 Å². The number of rotatable bonds is 4. The third-order valence-electron chi connectivity index (χ3n) is 3.59. The van der Waals surface area contributed by atoms with Gasteiger partial charge in [-0.15, -0.1) is 23.7 Å². The van der Waals surface area contributed by atoms with Crippen LogP contribution in [0.3, 0.4) is 0 Å². The van der Waals surface area contributed by atoms with Crippen LogP contribution >= 0.6 is 23.7 Å². The van der Waals surface area contributed by atoms with E-state index in [-0.39, 0.29) is 18.4 Å². The zero-order chi connectivity index (χ0) is 13.8. The zero-order valence-corrected chi connectivity index (χ0v) is 13.8. The molecule has 3 heterocycles. The van der Waals surface area contributed by atoms with Gasteiger partial charge >= 0.3 is 0 Å². The molecule has 0 aliphatic carbocycles. The summed E-state index contributed by atoms with van der Waals surface area (Å²) >= 11 is 1.69. The van der Waals surface area contributed by atoms with Crippen molar-refractivity contribution in [3.05, 3.63) is 27.8 Å². The van der Waals surface area contributed by atoms with Gasteiger partial charge in [0.15, 0.2) is 5.82 Å². The van der Waals surface area contributed by atoms with Gasteiger partial charge in [0.2, 0.25) is 5.89 Å². The minimum atomic E-state index is 0. The molecule has 3 rings (SSSR count). The average Bonchev–Trinajstić information content (AvgIpc) is 3.02. The lowest BCUT2D eigenvalue weighted by Gasteiger charge is -2.09. The number of nitrogens with one attached hydrogen (secondary N) is 1. The van der Waals surface area contributed by atoms with Crippen molar-refractivity contribution in [1.82, 2.24) is 20.4 Å². The van der Waals surface area contributed by atoms with Crippen molar-refractivity contribution < 1.29 is 4.52 Å². The SMILES string of the molecule is CCc1nc(Cc2nc(C3CCCCCN3)no2)cs1.Cl. The second-order valence-electron chi connectivity index (χ2n) is 5.17. The predicted octanol–water partition coefficient (Wildman–Crippen LogP) is 3.31. The van der Waals surface area contributed by atoms with Crippen molar-refractivity contribution in [3.63, 3.8) is 0 Å². The molecular weight excluding hydrogens is 308 g/mol. The lowest BCUT2D eigenvalue weighted by molar-refractivity contribution is 0.368. The Morgan fingerprint density at radius 2 is 2.24 bits per heavy atom. The molecule has 1 fully saturated rings. The lowest BCUT2D eigenvalue weighted by Crippen LogP contribution is -2.21. The van der Waals surface area contributed by atoms with Gasteiger partial charge in [-0.3, -0.25) is 0 Å². The van der Waals surface area contributed by atoms with E-state index in [4.69, 9.17) is 4.52 Å². The van der Waals surface area contributed by atoms with Crippen LogP contribution in [0.2, 0.25) is 0 Å². The Hall–Kier alpha value is -0.980. The van der Waals surface area contributed by atoms with E-state index in [1.54, 1.807) is 11.3 Å². The first-order valence-corrected chi connectivity index (χ1v) is 8.22. The quantitative estimate of drug-likeness (QED) is 0.932. The minimum Gasteiger partial charge on any atom is -0.339 e. The summed E-state index contributed by atoms with van der Waals surface area (Å²) in [6.07, 6.45) is 6.46. The number of thiazole rings is 1. The fraction of sp³-hybridized carbons (Fsp3) is 0.643. The van der Waals surface area contributed by atoms with Crippen LogP contribution in [0, 0.1) is 0 Å². The van der Waals surface area contributed by atoms with E-state index in [0.717, 1.165) is 35.9 Å². The molecule has 2 aromatic rings. The highest BCUT2D eigenvalue weighted by Gasteiger charge is 2.19. The van der Waals surface area contributed by atoms with E-state index in [1.165, 1.54) is 19.3 Å². The molecule has 0 aromatic carbocycles. The number of halogens is 1. The molecule has 0 radical (unpaired) electrons. The minimum absolute atomic E-state index is 0. The highest BCUT2D eigenvalue weighted by Crippen LogP contribution is 2.21. The topological polar surface area (TPSA) is 63.8 Å². The van der Waals surface area contributed by atoms with Crippen LogP contribution in [0.1, 0.15) is 61.1 Å². The molecular formula is C14H21ClN4OS. The molecule has 0 bridgehead atoms. The number of hydrogen-bond donors (Lipinski definition) is 1. The molecule has 1 atom stereocenters. The monoisotopic (exact) mass is 328 g/mol. The Bertz CT molecular complexity index is 549. The van der Waals surface area contributed by atoms with Crippen LogP contribution in [-0.4, -0.2) is 21.7 Å². The Morgan fingerprint density at radius 1 is 1.33 bits per heavy atom. The third kappa shape index (κ3) is 4.25. The fourth-order valence-corrected chi connectivity index (χ4v) is 3.22. The van der Waals surface area contributed by atoms with Crippen molar-refractivity contribution >= 4 is 23.7 Å². The first-order valence-electron chi connectivity index (χ1n) is 7.34. The van der Waals surface area contributed by atoms with Gasteiger partial charge in [-0.25, -0.2) is 4.98 Å². The Morgan fingerprint density at radius 3 is 3.05 bits per heavy atom. The Labute approximate surface area is 135 Å². The second-order valence-corrected chi connectivity index (χ2v) is 6.11. The summed E-state index contributed by atoms with van der Waals surface area (Å²) < 4.78 is 5.37. The molecule has 1 saturated heterocycles. The van der Waals surface area contributed by atoms with Crippen molar-refractivity contribution in [3.8, 4) is 0 Å². The van der Waals surface area contributed by atoms with Crippen LogP contribution < -0.4 is 5.32 Å². The Balaban J connectivity index is 0.00000161. The summed E-state index contributed by atoms with van der Waals surface area (Å²) in [6.45, 7) is 3.16. The first-order chi connectivity index (χ1) is 9.85. The van der Waals surface area contributed by atoms with E-state index < -0.39 is 0 Å². The maximum atomic E-state index is 5.37. The first kappa shape index (κ1) is 16.4. The standard InChI is InChI=1S/C14H20N4OS.ClH/c1-2-13-16-10(9-20-13)8-12-17-14(18-19-12)11-6-4-3-5-7-15-11;/h9,11,15H,2-8H2,1H3;1H. The van der Waals surface area contributed by atoms with Crippen LogP contribution in [0.25, 0.3) is 0 Å². The molecule has 1 aliphatic heterocycles.